The van der Waals surface area contributed by atoms with E-state index in [2.05, 4.69) is 90.6 Å². The van der Waals surface area contributed by atoms with Gasteiger partial charge < -0.3 is 0 Å². The van der Waals surface area contributed by atoms with Crippen LogP contribution in [0, 0.1) is 41.5 Å². The van der Waals surface area contributed by atoms with Gasteiger partial charge >= 0.3 is 0 Å². The number of nitrogens with zero attached hydrogens (tertiary/aromatic N) is 7. The van der Waals surface area contributed by atoms with Crippen molar-refractivity contribution in [3.8, 4) is 0 Å². The molecule has 0 amide bonds. The lowest BCUT2D eigenvalue weighted by Crippen LogP contribution is -2.17. The van der Waals surface area contributed by atoms with E-state index < -0.39 is 0 Å². The van der Waals surface area contributed by atoms with Gasteiger partial charge in [-0.3, -0.25) is 24.8 Å². The Labute approximate surface area is 215 Å². The molecule has 0 radical (unpaired) electrons. The Balaban J connectivity index is 1.73. The average molecular weight is 486 g/mol. The van der Waals surface area contributed by atoms with Crippen molar-refractivity contribution in [2.75, 3.05) is 4.90 Å². The highest BCUT2D eigenvalue weighted by Gasteiger charge is 2.24. The van der Waals surface area contributed by atoms with Crippen LogP contribution in [0.4, 0.5) is 17.2 Å². The predicted molar refractivity (Wildman–Crippen MR) is 149 cm³/mol. The van der Waals surface area contributed by atoms with E-state index in [1.807, 2.05) is 6.20 Å². The van der Waals surface area contributed by atoms with E-state index in [0.29, 0.717) is 38.9 Å². The van der Waals surface area contributed by atoms with Gasteiger partial charge in [0.2, 0.25) is 0 Å². The average Bonchev–Trinajstić information content (AvgIpc) is 2.86. The molecule has 7 nitrogen and oxygen atoms in total. The summed E-state index contributed by atoms with van der Waals surface area (Å²) in [5.74, 6) is 0.716. The van der Waals surface area contributed by atoms with E-state index in [-0.39, 0.29) is 0 Å². The van der Waals surface area contributed by atoms with Crippen molar-refractivity contribution in [2.45, 2.75) is 41.5 Å². The minimum absolute atomic E-state index is 0.656. The largest absolute Gasteiger partial charge is 0.293 e. The molecule has 0 saturated carbocycles. The smallest absolute Gasteiger partial charge is 0.157 e. The van der Waals surface area contributed by atoms with Crippen molar-refractivity contribution in [3.05, 3.63) is 88.6 Å². The standard InChI is InChI=1S/C30H27N7/c1-16-11-18(3)29(19(4)12-16)37(30-20(5)13-17(2)14-21(30)6)22-15-35-27-25-23(31-7-8-33-25)24-26(28(27)36-22)34-10-9-32-24/h7-15H,1-6H3. The first-order valence-corrected chi connectivity index (χ1v) is 12.3. The van der Waals surface area contributed by atoms with Crippen molar-refractivity contribution in [1.29, 1.82) is 0 Å². The summed E-state index contributed by atoms with van der Waals surface area (Å²) >= 11 is 0. The van der Waals surface area contributed by atoms with Crippen LogP contribution in [0.2, 0.25) is 0 Å². The number of fused-ring (bicyclic) bond motifs is 6. The summed E-state index contributed by atoms with van der Waals surface area (Å²) in [4.78, 5) is 30.7. The molecule has 0 aliphatic heterocycles. The fourth-order valence-electron chi connectivity index (χ4n) is 5.59. The lowest BCUT2D eigenvalue weighted by atomic mass is 9.99. The number of aromatic nitrogens is 6. The zero-order valence-electron chi connectivity index (χ0n) is 21.8. The molecule has 7 heteroatoms. The number of aryl methyl sites for hydroxylation is 6. The molecule has 0 unspecified atom stereocenters. The lowest BCUT2D eigenvalue weighted by molar-refractivity contribution is 1.11. The quantitative estimate of drug-likeness (QED) is 0.254. The highest BCUT2D eigenvalue weighted by molar-refractivity contribution is 6.17. The van der Waals surface area contributed by atoms with Gasteiger partial charge in [-0.15, -0.1) is 0 Å². The van der Waals surface area contributed by atoms with Gasteiger partial charge in [0.05, 0.1) is 17.6 Å². The van der Waals surface area contributed by atoms with Gasteiger partial charge in [0.15, 0.2) is 5.82 Å². The second kappa shape index (κ2) is 8.55. The van der Waals surface area contributed by atoms with Crippen LogP contribution in [0.5, 0.6) is 0 Å². The highest BCUT2D eigenvalue weighted by atomic mass is 15.2. The van der Waals surface area contributed by atoms with E-state index in [1.54, 1.807) is 24.8 Å². The normalized spacial score (nSPS) is 11.5. The molecule has 6 rings (SSSR count). The summed E-state index contributed by atoms with van der Waals surface area (Å²) in [6, 6.07) is 8.86. The predicted octanol–water partition coefficient (Wildman–Crippen LogP) is 6.84. The molecule has 6 aromatic rings. The van der Waals surface area contributed by atoms with Gasteiger partial charge in [0, 0.05) is 24.8 Å². The fourth-order valence-corrected chi connectivity index (χ4v) is 5.59. The summed E-state index contributed by atoms with van der Waals surface area (Å²) in [6.45, 7) is 12.9. The summed E-state index contributed by atoms with van der Waals surface area (Å²) in [5.41, 5.74) is 13.3. The van der Waals surface area contributed by atoms with Crippen LogP contribution < -0.4 is 4.90 Å². The summed E-state index contributed by atoms with van der Waals surface area (Å²) < 4.78 is 0. The molecule has 3 aromatic carbocycles. The Morgan fingerprint density at radius 1 is 0.459 bits per heavy atom. The Kier molecular flexibility index (Phi) is 5.30. The van der Waals surface area contributed by atoms with Gasteiger partial charge in [-0.1, -0.05) is 35.4 Å². The molecule has 0 bridgehead atoms. The monoisotopic (exact) mass is 485 g/mol. The van der Waals surface area contributed by atoms with Crippen molar-refractivity contribution in [1.82, 2.24) is 29.9 Å². The van der Waals surface area contributed by atoms with Gasteiger partial charge in [-0.05, 0) is 63.8 Å². The van der Waals surface area contributed by atoms with E-state index >= 15 is 0 Å². The Hall–Kier alpha value is -4.52. The third-order valence-corrected chi connectivity index (χ3v) is 6.78. The topological polar surface area (TPSA) is 80.6 Å². The fraction of sp³-hybridized carbons (Fsp3) is 0.200. The molecule has 0 N–H and O–H groups in total. The molecule has 3 aromatic heterocycles. The van der Waals surface area contributed by atoms with Crippen LogP contribution in [0.15, 0.2) is 55.2 Å². The SMILES string of the molecule is Cc1cc(C)c(N(c2cnc3c4nccnc4c4nccnc4c3n2)c2c(C)cc(C)cc2C)c(C)c1. The number of anilines is 3. The number of hydrogen-bond donors (Lipinski definition) is 0. The second-order valence-corrected chi connectivity index (χ2v) is 9.76. The highest BCUT2D eigenvalue weighted by Crippen LogP contribution is 2.42. The van der Waals surface area contributed by atoms with Crippen molar-refractivity contribution in [2.24, 2.45) is 0 Å². The van der Waals surface area contributed by atoms with E-state index in [1.165, 1.54) is 33.4 Å². The second-order valence-electron chi connectivity index (χ2n) is 9.76. The molecular weight excluding hydrogens is 458 g/mol. The van der Waals surface area contributed by atoms with E-state index in [9.17, 15) is 0 Å². The zero-order chi connectivity index (χ0) is 25.8. The van der Waals surface area contributed by atoms with Gasteiger partial charge in [0.1, 0.15) is 33.1 Å². The summed E-state index contributed by atoms with van der Waals surface area (Å²) in [5, 5.41) is 0. The first-order valence-electron chi connectivity index (χ1n) is 12.3. The minimum Gasteiger partial charge on any atom is -0.293 e. The molecule has 0 saturated heterocycles. The lowest BCUT2D eigenvalue weighted by Gasteiger charge is -2.30. The Morgan fingerprint density at radius 2 is 0.811 bits per heavy atom. The molecule has 37 heavy (non-hydrogen) atoms. The van der Waals surface area contributed by atoms with Crippen LogP contribution in [0.1, 0.15) is 33.4 Å². The van der Waals surface area contributed by atoms with Crippen molar-refractivity contribution in [3.63, 3.8) is 0 Å². The molecule has 0 aliphatic carbocycles. The van der Waals surface area contributed by atoms with Crippen LogP contribution in [-0.2, 0) is 0 Å². The maximum Gasteiger partial charge on any atom is 0.157 e. The Bertz CT molecular complexity index is 1720. The zero-order valence-corrected chi connectivity index (χ0v) is 21.8. The molecule has 0 fully saturated rings. The third kappa shape index (κ3) is 3.66. The first-order chi connectivity index (χ1) is 17.8. The number of rotatable bonds is 3. The van der Waals surface area contributed by atoms with Crippen LogP contribution >= 0.6 is 0 Å². The molecule has 3 heterocycles. The molecule has 0 aliphatic rings. The molecular formula is C30H27N7. The number of hydrogen-bond acceptors (Lipinski definition) is 7. The molecule has 182 valence electrons. The number of benzene rings is 3. The first kappa shape index (κ1) is 22.9. The minimum atomic E-state index is 0.656. The van der Waals surface area contributed by atoms with Crippen LogP contribution in [-0.4, -0.2) is 29.9 Å². The third-order valence-electron chi connectivity index (χ3n) is 6.78. The molecule has 0 spiro atoms. The van der Waals surface area contributed by atoms with Crippen molar-refractivity contribution >= 4 is 50.3 Å². The Morgan fingerprint density at radius 3 is 1.22 bits per heavy atom. The van der Waals surface area contributed by atoms with Gasteiger partial charge in [0.25, 0.3) is 0 Å². The summed E-state index contributed by atoms with van der Waals surface area (Å²) in [6.07, 6.45) is 8.51. The van der Waals surface area contributed by atoms with E-state index in [4.69, 9.17) is 9.97 Å². The molecule has 0 atom stereocenters. The van der Waals surface area contributed by atoms with E-state index in [0.717, 1.165) is 11.4 Å². The van der Waals surface area contributed by atoms with Crippen LogP contribution in [0.3, 0.4) is 0 Å². The van der Waals surface area contributed by atoms with Gasteiger partial charge in [-0.2, -0.15) is 0 Å². The summed E-state index contributed by atoms with van der Waals surface area (Å²) in [7, 11) is 0. The van der Waals surface area contributed by atoms with Crippen LogP contribution in [0.25, 0.3) is 33.1 Å². The van der Waals surface area contributed by atoms with Crippen molar-refractivity contribution < 1.29 is 0 Å². The maximum atomic E-state index is 5.21. The van der Waals surface area contributed by atoms with Gasteiger partial charge in [-0.25, -0.2) is 9.97 Å². The maximum absolute atomic E-state index is 5.21.